The molecule has 2 rings (SSSR count). The van der Waals surface area contributed by atoms with Gasteiger partial charge in [-0.15, -0.1) is 5.10 Å². The molecule has 1 aromatic rings. The number of fused-ring (bicyclic) bond motifs is 1. The molecule has 0 saturated carbocycles. The van der Waals surface area contributed by atoms with Gasteiger partial charge < -0.3 is 0 Å². The van der Waals surface area contributed by atoms with Gasteiger partial charge in [0, 0.05) is 6.54 Å². The van der Waals surface area contributed by atoms with E-state index in [9.17, 15) is 0 Å². The first-order chi connectivity index (χ1) is 5.29. The van der Waals surface area contributed by atoms with Crippen molar-refractivity contribution in [1.29, 1.82) is 0 Å². The molecule has 0 bridgehead atoms. The first-order valence-electron chi connectivity index (χ1n) is 3.87. The van der Waals surface area contributed by atoms with Crippen LogP contribution in [0, 0.1) is 6.92 Å². The van der Waals surface area contributed by atoms with Crippen molar-refractivity contribution in [2.45, 2.75) is 26.3 Å². The SMILES string of the molecule is C=C1CCCn2nnc(C)c21. The van der Waals surface area contributed by atoms with E-state index in [1.165, 1.54) is 5.57 Å². The quantitative estimate of drug-likeness (QED) is 0.558. The van der Waals surface area contributed by atoms with E-state index in [1.54, 1.807) is 0 Å². The van der Waals surface area contributed by atoms with E-state index in [4.69, 9.17) is 0 Å². The summed E-state index contributed by atoms with van der Waals surface area (Å²) in [5.41, 5.74) is 3.34. The van der Waals surface area contributed by atoms with Gasteiger partial charge in [-0.3, -0.25) is 0 Å². The fourth-order valence-corrected chi connectivity index (χ4v) is 1.56. The Morgan fingerprint density at radius 2 is 2.36 bits per heavy atom. The van der Waals surface area contributed by atoms with Gasteiger partial charge in [-0.1, -0.05) is 11.8 Å². The van der Waals surface area contributed by atoms with Crippen molar-refractivity contribution in [1.82, 2.24) is 15.0 Å². The van der Waals surface area contributed by atoms with Gasteiger partial charge in [0.05, 0.1) is 11.4 Å². The van der Waals surface area contributed by atoms with Crippen molar-refractivity contribution in [3.63, 3.8) is 0 Å². The maximum Gasteiger partial charge on any atom is 0.0872 e. The molecule has 1 aromatic heterocycles. The molecule has 0 unspecified atom stereocenters. The van der Waals surface area contributed by atoms with Crippen LogP contribution in [-0.4, -0.2) is 15.0 Å². The van der Waals surface area contributed by atoms with Gasteiger partial charge in [0.2, 0.25) is 0 Å². The summed E-state index contributed by atoms with van der Waals surface area (Å²) in [7, 11) is 0. The van der Waals surface area contributed by atoms with E-state index in [0.717, 1.165) is 30.8 Å². The zero-order valence-corrected chi connectivity index (χ0v) is 6.67. The molecule has 3 heteroatoms. The van der Waals surface area contributed by atoms with Crippen LogP contribution in [0.2, 0.25) is 0 Å². The largest absolute Gasteiger partial charge is 0.245 e. The normalized spacial score (nSPS) is 16.6. The number of rotatable bonds is 0. The molecule has 0 aliphatic carbocycles. The third-order valence-electron chi connectivity index (χ3n) is 2.09. The molecule has 58 valence electrons. The van der Waals surface area contributed by atoms with E-state index >= 15 is 0 Å². The summed E-state index contributed by atoms with van der Waals surface area (Å²) in [4.78, 5) is 0. The molecule has 11 heavy (non-hydrogen) atoms. The lowest BCUT2D eigenvalue weighted by molar-refractivity contribution is 0.538. The standard InChI is InChI=1S/C8H11N3/c1-6-4-3-5-11-8(6)7(2)9-10-11/h1,3-5H2,2H3. The average molecular weight is 149 g/mol. The van der Waals surface area contributed by atoms with E-state index in [-0.39, 0.29) is 0 Å². The van der Waals surface area contributed by atoms with Crippen LogP contribution in [0.25, 0.3) is 5.57 Å². The van der Waals surface area contributed by atoms with Gasteiger partial charge in [-0.05, 0) is 25.3 Å². The molecule has 1 aliphatic heterocycles. The number of nitrogens with zero attached hydrogens (tertiary/aromatic N) is 3. The summed E-state index contributed by atoms with van der Waals surface area (Å²) in [6.07, 6.45) is 2.24. The number of aryl methyl sites for hydroxylation is 2. The highest BCUT2D eigenvalue weighted by molar-refractivity contribution is 5.62. The molecule has 2 heterocycles. The third kappa shape index (κ3) is 0.878. The Morgan fingerprint density at radius 3 is 3.09 bits per heavy atom. The van der Waals surface area contributed by atoms with Crippen molar-refractivity contribution in [3.05, 3.63) is 18.0 Å². The minimum absolute atomic E-state index is 0.995. The minimum Gasteiger partial charge on any atom is -0.245 e. The fourth-order valence-electron chi connectivity index (χ4n) is 1.56. The molecule has 0 spiro atoms. The van der Waals surface area contributed by atoms with E-state index < -0.39 is 0 Å². The Kier molecular flexibility index (Phi) is 1.31. The summed E-state index contributed by atoms with van der Waals surface area (Å²) in [5, 5.41) is 8.01. The molecule has 1 aliphatic rings. The molecular weight excluding hydrogens is 138 g/mol. The van der Waals surface area contributed by atoms with Crippen molar-refractivity contribution in [3.8, 4) is 0 Å². The van der Waals surface area contributed by atoms with Crippen LogP contribution in [-0.2, 0) is 6.54 Å². The van der Waals surface area contributed by atoms with Crippen LogP contribution in [0.5, 0.6) is 0 Å². The highest BCUT2D eigenvalue weighted by Gasteiger charge is 2.16. The maximum absolute atomic E-state index is 4.01. The summed E-state index contributed by atoms with van der Waals surface area (Å²) in [5.74, 6) is 0. The maximum atomic E-state index is 4.01. The Labute approximate surface area is 65.7 Å². The molecule has 0 amide bonds. The lowest BCUT2D eigenvalue weighted by atomic mass is 10.0. The summed E-state index contributed by atoms with van der Waals surface area (Å²) < 4.78 is 1.95. The summed E-state index contributed by atoms with van der Waals surface area (Å²) in [6.45, 7) is 6.96. The highest BCUT2D eigenvalue weighted by atomic mass is 15.4. The van der Waals surface area contributed by atoms with Crippen LogP contribution < -0.4 is 0 Å². The van der Waals surface area contributed by atoms with Crippen molar-refractivity contribution < 1.29 is 0 Å². The lowest BCUT2D eigenvalue weighted by Crippen LogP contribution is -2.10. The second-order valence-electron chi connectivity index (χ2n) is 2.95. The number of hydrogen-bond acceptors (Lipinski definition) is 2. The average Bonchev–Trinajstić information content (AvgIpc) is 2.34. The van der Waals surface area contributed by atoms with Crippen LogP contribution in [0.15, 0.2) is 6.58 Å². The molecule has 0 N–H and O–H groups in total. The third-order valence-corrected chi connectivity index (χ3v) is 2.09. The zero-order chi connectivity index (χ0) is 7.84. The second kappa shape index (κ2) is 2.19. The highest BCUT2D eigenvalue weighted by Crippen LogP contribution is 2.24. The number of hydrogen-bond donors (Lipinski definition) is 0. The predicted molar refractivity (Wildman–Crippen MR) is 43.0 cm³/mol. The van der Waals surface area contributed by atoms with Gasteiger partial charge in [0.1, 0.15) is 0 Å². The first-order valence-corrected chi connectivity index (χ1v) is 3.87. The second-order valence-corrected chi connectivity index (χ2v) is 2.95. The van der Waals surface area contributed by atoms with Gasteiger partial charge in [-0.25, -0.2) is 4.68 Å². The molecule has 0 radical (unpaired) electrons. The fraction of sp³-hybridized carbons (Fsp3) is 0.500. The van der Waals surface area contributed by atoms with Crippen LogP contribution in [0.3, 0.4) is 0 Å². The minimum atomic E-state index is 0.995. The summed E-state index contributed by atoms with van der Waals surface area (Å²) >= 11 is 0. The molecule has 0 fully saturated rings. The van der Waals surface area contributed by atoms with Crippen LogP contribution in [0.4, 0.5) is 0 Å². The Hall–Kier alpha value is -1.12. The molecular formula is C8H11N3. The zero-order valence-electron chi connectivity index (χ0n) is 6.67. The van der Waals surface area contributed by atoms with Gasteiger partial charge in [-0.2, -0.15) is 0 Å². The Bertz CT molecular complexity index is 298. The topological polar surface area (TPSA) is 30.7 Å². The Balaban J connectivity index is 2.56. The summed E-state index contributed by atoms with van der Waals surface area (Å²) in [6, 6.07) is 0. The lowest BCUT2D eigenvalue weighted by Gasteiger charge is -2.14. The van der Waals surface area contributed by atoms with E-state index in [1.807, 2.05) is 11.6 Å². The monoisotopic (exact) mass is 149 g/mol. The van der Waals surface area contributed by atoms with E-state index in [2.05, 4.69) is 16.9 Å². The van der Waals surface area contributed by atoms with Crippen molar-refractivity contribution in [2.24, 2.45) is 0 Å². The van der Waals surface area contributed by atoms with Gasteiger partial charge in [0.15, 0.2) is 0 Å². The van der Waals surface area contributed by atoms with Crippen LogP contribution >= 0.6 is 0 Å². The number of allylic oxidation sites excluding steroid dienone is 1. The first kappa shape index (κ1) is 6.58. The molecule has 0 atom stereocenters. The van der Waals surface area contributed by atoms with E-state index in [0.29, 0.717) is 0 Å². The Morgan fingerprint density at radius 1 is 1.55 bits per heavy atom. The van der Waals surface area contributed by atoms with Gasteiger partial charge >= 0.3 is 0 Å². The van der Waals surface area contributed by atoms with Crippen molar-refractivity contribution in [2.75, 3.05) is 0 Å². The van der Waals surface area contributed by atoms with Crippen LogP contribution in [0.1, 0.15) is 24.2 Å². The number of aromatic nitrogens is 3. The van der Waals surface area contributed by atoms with Crippen molar-refractivity contribution >= 4 is 5.57 Å². The van der Waals surface area contributed by atoms with Gasteiger partial charge in [0.25, 0.3) is 0 Å². The molecule has 3 nitrogen and oxygen atoms in total. The molecule has 0 aromatic carbocycles. The smallest absolute Gasteiger partial charge is 0.0872 e. The molecule has 0 saturated heterocycles. The predicted octanol–water partition coefficient (Wildman–Crippen LogP) is 1.39.